The number of hydrogen-bond acceptors (Lipinski definition) is 9. The molecule has 2 atom stereocenters. The summed E-state index contributed by atoms with van der Waals surface area (Å²) in [5, 5.41) is 18.1. The highest BCUT2D eigenvalue weighted by molar-refractivity contribution is 5.84. The van der Waals surface area contributed by atoms with Gasteiger partial charge in [-0.25, -0.2) is 13.2 Å². The molecule has 9 nitrogen and oxygen atoms in total. The third kappa shape index (κ3) is 13.9. The number of carbonyl (C=O) groups excluding carboxylic acids is 4. The van der Waals surface area contributed by atoms with Crippen LogP contribution in [0.4, 0.5) is 22.0 Å². The molecule has 0 fully saturated rings. The van der Waals surface area contributed by atoms with Crippen LogP contribution < -0.4 is 4.74 Å². The molecule has 0 aliphatic carbocycles. The Balaban J connectivity index is -0.000000678. The fraction of sp³-hybridized carbons (Fsp3) is 0.630. The summed E-state index contributed by atoms with van der Waals surface area (Å²) in [6, 6.07) is 0. The van der Waals surface area contributed by atoms with E-state index in [0.29, 0.717) is 6.42 Å². The minimum atomic E-state index is -2.41. The summed E-state index contributed by atoms with van der Waals surface area (Å²) < 4.78 is 79.1. The lowest BCUT2D eigenvalue weighted by Crippen LogP contribution is -2.40. The van der Waals surface area contributed by atoms with Crippen LogP contribution in [0.15, 0.2) is 0 Å². The summed E-state index contributed by atoms with van der Waals surface area (Å²) in [6.45, 7) is 12.8. The molecular formula is C27H41F5O9. The van der Waals surface area contributed by atoms with Gasteiger partial charge in [0.1, 0.15) is 24.4 Å². The maximum Gasteiger partial charge on any atom is 0.323 e. The minimum Gasteiger partial charge on any atom is -0.465 e. The van der Waals surface area contributed by atoms with E-state index in [1.807, 2.05) is 13.8 Å². The third-order valence-electron chi connectivity index (χ3n) is 4.74. The van der Waals surface area contributed by atoms with E-state index in [4.69, 9.17) is 14.9 Å². The molecule has 41 heavy (non-hydrogen) atoms. The molecule has 0 amide bonds. The first-order valence-corrected chi connectivity index (χ1v) is 12.7. The lowest BCUT2D eigenvalue weighted by atomic mass is 9.86. The number of benzene rings is 1. The normalized spacial score (nSPS) is 12.8. The molecule has 0 heterocycles. The lowest BCUT2D eigenvalue weighted by Gasteiger charge is -2.24. The van der Waals surface area contributed by atoms with Crippen LogP contribution in [0.25, 0.3) is 0 Å². The third-order valence-corrected chi connectivity index (χ3v) is 4.74. The second-order valence-corrected chi connectivity index (χ2v) is 8.77. The average molecular weight is 605 g/mol. The molecule has 0 aliphatic rings. The van der Waals surface area contributed by atoms with Gasteiger partial charge in [0.15, 0.2) is 0 Å². The number of carbonyl (C=O) groups is 4. The Bertz CT molecular complexity index is 975. The number of esters is 3. The van der Waals surface area contributed by atoms with Crippen molar-refractivity contribution in [2.24, 2.45) is 10.8 Å². The molecule has 2 unspecified atom stereocenters. The van der Waals surface area contributed by atoms with Crippen LogP contribution in [-0.4, -0.2) is 60.3 Å². The van der Waals surface area contributed by atoms with Gasteiger partial charge < -0.3 is 24.4 Å². The lowest BCUT2D eigenvalue weighted by molar-refractivity contribution is -0.158. The summed E-state index contributed by atoms with van der Waals surface area (Å²) in [5.41, 5.74) is -2.91. The van der Waals surface area contributed by atoms with Crippen LogP contribution in [0.5, 0.6) is 5.75 Å². The zero-order valence-electron chi connectivity index (χ0n) is 24.9. The molecule has 0 spiro atoms. The smallest absolute Gasteiger partial charge is 0.323 e. The van der Waals surface area contributed by atoms with E-state index >= 15 is 0 Å². The van der Waals surface area contributed by atoms with Crippen LogP contribution in [0.2, 0.25) is 0 Å². The molecule has 1 aromatic carbocycles. The van der Waals surface area contributed by atoms with Crippen molar-refractivity contribution >= 4 is 23.7 Å². The van der Waals surface area contributed by atoms with Crippen molar-refractivity contribution < 1.29 is 65.6 Å². The monoisotopic (exact) mass is 604 g/mol. The largest absolute Gasteiger partial charge is 0.465 e. The van der Waals surface area contributed by atoms with Gasteiger partial charge in [-0.05, 0) is 13.8 Å². The Morgan fingerprint density at radius 1 is 0.683 bits per heavy atom. The number of aliphatic hydroxyl groups is 2. The number of Topliss-reactive ketones (excluding diaryl/α,β-unsaturated/α-hetero) is 1. The van der Waals surface area contributed by atoms with Gasteiger partial charge in [-0.2, -0.15) is 8.78 Å². The highest BCUT2D eigenvalue weighted by Crippen LogP contribution is 2.31. The number of ether oxygens (including phenoxy) is 3. The van der Waals surface area contributed by atoms with Crippen molar-refractivity contribution in [3.8, 4) is 5.75 Å². The first-order chi connectivity index (χ1) is 18.9. The molecule has 1 aromatic rings. The first kappa shape index (κ1) is 42.3. The van der Waals surface area contributed by atoms with Gasteiger partial charge in [0.05, 0.1) is 18.6 Å². The highest BCUT2D eigenvalue weighted by atomic mass is 19.2. The molecule has 0 saturated carbocycles. The Labute approximate surface area is 237 Å². The second-order valence-electron chi connectivity index (χ2n) is 8.77. The molecule has 1 rings (SSSR count). The van der Waals surface area contributed by atoms with Gasteiger partial charge in [-0.3, -0.25) is 19.2 Å². The molecule has 2 N–H and O–H groups in total. The van der Waals surface area contributed by atoms with Crippen LogP contribution in [0, 0.1) is 39.9 Å². The van der Waals surface area contributed by atoms with Crippen LogP contribution in [0.3, 0.4) is 0 Å². The number of hydrogen-bond donors (Lipinski definition) is 2. The van der Waals surface area contributed by atoms with E-state index in [9.17, 15) is 41.1 Å². The zero-order chi connectivity index (χ0) is 33.1. The fourth-order valence-corrected chi connectivity index (χ4v) is 2.22. The summed E-state index contributed by atoms with van der Waals surface area (Å²) >= 11 is 0. The van der Waals surface area contributed by atoms with Crippen molar-refractivity contribution in [2.45, 2.75) is 75.2 Å². The van der Waals surface area contributed by atoms with Crippen LogP contribution in [-0.2, 0) is 28.7 Å². The predicted molar refractivity (Wildman–Crippen MR) is 138 cm³/mol. The number of ketones is 1. The van der Waals surface area contributed by atoms with E-state index in [0.717, 1.165) is 13.8 Å². The van der Waals surface area contributed by atoms with Crippen molar-refractivity contribution in [2.75, 3.05) is 26.4 Å². The first-order valence-electron chi connectivity index (χ1n) is 12.7. The number of aliphatic hydroxyl groups excluding tert-OH is 2. The zero-order valence-corrected chi connectivity index (χ0v) is 24.9. The molecule has 0 saturated heterocycles. The minimum absolute atomic E-state index is 0.0501. The quantitative estimate of drug-likeness (QED) is 0.127. The summed E-state index contributed by atoms with van der Waals surface area (Å²) in [5.74, 6) is -16.4. The average Bonchev–Trinajstić information content (AvgIpc) is 2.95. The topological polar surface area (TPSA) is 136 Å². The fourth-order valence-electron chi connectivity index (χ4n) is 2.22. The standard InChI is InChI=1S/C13H11F5O5.C9H16O4.C3H8.C2H6/c1-5(20)22-4-13(2,3-19)12(21)23-11-9(17)7(15)6(14)8(16)10(11)18;1-4-8(12)9(3,5-10)6-13-7(2)11;1-3-2;1-2/h19H,3-4H2,1-2H3;10H,4-6H2,1-3H3;3H2,1-2H3;1-2H3. The van der Waals surface area contributed by atoms with Crippen molar-refractivity contribution in [1.82, 2.24) is 0 Å². The maximum absolute atomic E-state index is 13.4. The highest BCUT2D eigenvalue weighted by Gasteiger charge is 2.39. The molecule has 0 aliphatic heterocycles. The number of halogens is 5. The Kier molecular flexibility index (Phi) is 21.4. The second kappa shape index (κ2) is 20.7. The number of rotatable bonds is 10. The van der Waals surface area contributed by atoms with Gasteiger partial charge in [0, 0.05) is 20.3 Å². The van der Waals surface area contributed by atoms with Gasteiger partial charge in [0.25, 0.3) is 0 Å². The Morgan fingerprint density at radius 2 is 1.00 bits per heavy atom. The van der Waals surface area contributed by atoms with E-state index in [2.05, 4.69) is 23.3 Å². The van der Waals surface area contributed by atoms with Crippen LogP contribution in [0.1, 0.15) is 75.2 Å². The Hall–Kier alpha value is -3.13. The molecule has 14 heteroatoms. The van der Waals surface area contributed by atoms with Gasteiger partial charge >= 0.3 is 17.9 Å². The molecular weight excluding hydrogens is 563 g/mol. The predicted octanol–water partition coefficient (Wildman–Crippen LogP) is 4.82. The molecule has 0 aromatic heterocycles. The van der Waals surface area contributed by atoms with Crippen molar-refractivity contribution in [3.05, 3.63) is 29.1 Å². The molecule has 238 valence electrons. The van der Waals surface area contributed by atoms with E-state index in [-0.39, 0.29) is 19.0 Å². The summed E-state index contributed by atoms with van der Waals surface area (Å²) in [6.07, 6.45) is 1.58. The van der Waals surface area contributed by atoms with Gasteiger partial charge in [0.2, 0.25) is 34.8 Å². The molecule has 0 bridgehead atoms. The van der Waals surface area contributed by atoms with Crippen molar-refractivity contribution in [1.29, 1.82) is 0 Å². The summed E-state index contributed by atoms with van der Waals surface area (Å²) in [4.78, 5) is 44.4. The van der Waals surface area contributed by atoms with E-state index in [1.165, 1.54) is 13.3 Å². The molecule has 0 radical (unpaired) electrons. The maximum atomic E-state index is 13.4. The summed E-state index contributed by atoms with van der Waals surface area (Å²) in [7, 11) is 0. The van der Waals surface area contributed by atoms with Crippen molar-refractivity contribution in [3.63, 3.8) is 0 Å². The Morgan fingerprint density at radius 3 is 1.29 bits per heavy atom. The van der Waals surface area contributed by atoms with E-state index < -0.39 is 76.8 Å². The van der Waals surface area contributed by atoms with Gasteiger partial charge in [-0.1, -0.05) is 41.0 Å². The van der Waals surface area contributed by atoms with Gasteiger partial charge in [-0.15, -0.1) is 0 Å². The SMILES string of the molecule is CC.CC(=O)OCC(C)(CO)C(=O)Oc1c(F)c(F)c(F)c(F)c1F.CCC.CCC(=O)C(C)(CO)COC(C)=O. The van der Waals surface area contributed by atoms with E-state index in [1.54, 1.807) is 13.8 Å². The van der Waals surface area contributed by atoms with Crippen LogP contribution >= 0.6 is 0 Å².